The van der Waals surface area contributed by atoms with Gasteiger partial charge in [-0.05, 0) is 37.9 Å². The average Bonchev–Trinajstić information content (AvgIpc) is 3.65. The fourth-order valence-electron chi connectivity index (χ4n) is 7.20. The Hall–Kier alpha value is -3.93. The highest BCUT2D eigenvalue weighted by atomic mass is 35.5. The summed E-state index contributed by atoms with van der Waals surface area (Å²) >= 11 is 7.75. The topological polar surface area (TPSA) is 101 Å². The van der Waals surface area contributed by atoms with Crippen LogP contribution >= 0.6 is 22.9 Å². The van der Waals surface area contributed by atoms with E-state index in [2.05, 4.69) is 9.97 Å². The molecule has 4 aromatic rings. The Morgan fingerprint density at radius 3 is 2.85 bits per heavy atom. The van der Waals surface area contributed by atoms with Gasteiger partial charge in [-0.1, -0.05) is 29.8 Å². The predicted molar refractivity (Wildman–Crippen MR) is 170 cm³/mol. The van der Waals surface area contributed by atoms with Gasteiger partial charge in [0.25, 0.3) is 6.43 Å². The second kappa shape index (κ2) is 11.9. The van der Waals surface area contributed by atoms with Crippen LogP contribution in [0.3, 0.4) is 0 Å². The number of hydrogen-bond donors (Lipinski definition) is 1. The molecule has 3 aliphatic rings. The summed E-state index contributed by atoms with van der Waals surface area (Å²) in [7, 11) is 0. The van der Waals surface area contributed by atoms with Crippen LogP contribution in [0.15, 0.2) is 24.3 Å². The molecule has 2 saturated heterocycles. The number of benzene rings is 2. The highest BCUT2D eigenvalue weighted by Gasteiger charge is 2.49. The van der Waals surface area contributed by atoms with Gasteiger partial charge in [0.15, 0.2) is 11.6 Å². The first-order valence-corrected chi connectivity index (χ1v) is 16.2. The number of alkyl halides is 3. The molecule has 0 unspecified atom stereocenters. The van der Waals surface area contributed by atoms with Crippen LogP contribution in [0.1, 0.15) is 31.7 Å². The maximum atomic E-state index is 17.0. The van der Waals surface area contributed by atoms with Gasteiger partial charge in [0, 0.05) is 23.9 Å². The molecule has 0 radical (unpaired) electrons. The molecule has 2 aromatic heterocycles. The summed E-state index contributed by atoms with van der Waals surface area (Å²) in [6, 6.07) is 3.32. The largest absolute Gasteiger partial charge is 0.489 e. The Morgan fingerprint density at radius 2 is 2.11 bits per heavy atom. The normalized spacial score (nSPS) is 22.7. The van der Waals surface area contributed by atoms with Gasteiger partial charge in [-0.15, -0.1) is 11.3 Å². The van der Waals surface area contributed by atoms with E-state index in [1.54, 1.807) is 19.1 Å². The van der Waals surface area contributed by atoms with Gasteiger partial charge in [-0.3, -0.25) is 4.90 Å². The lowest BCUT2D eigenvalue weighted by Crippen LogP contribution is -2.43. The summed E-state index contributed by atoms with van der Waals surface area (Å²) < 4.78 is 86.8. The molecule has 0 amide bonds. The van der Waals surface area contributed by atoms with Gasteiger partial charge in [0.2, 0.25) is 0 Å². The zero-order valence-corrected chi connectivity index (χ0v) is 26.6. The Kier molecular flexibility index (Phi) is 8.05. The molecule has 0 spiro atoms. The third-order valence-corrected chi connectivity index (χ3v) is 10.6. The van der Waals surface area contributed by atoms with Crippen molar-refractivity contribution in [1.82, 2.24) is 14.9 Å². The molecule has 0 aliphatic carbocycles. The molecular formula is C32H28ClF5N6O2S. The van der Waals surface area contributed by atoms with Crippen LogP contribution in [0.5, 0.6) is 11.8 Å². The molecule has 8 nitrogen and oxygen atoms in total. The molecule has 2 fully saturated rings. The van der Waals surface area contributed by atoms with E-state index in [1.807, 2.05) is 11.0 Å². The standard InChI is InChI=1S/C32H28ClF5N6O2S/c1-2-4-16-13-45-27-23-26(25(38)22(24(27)33)17-5-6-19(35)28-21(17)18(10-39)29(40)47-28)41-31(42-30(23)44(16)12-20(36)37)46-14-32-7-3-8-43(32)11-15(34)9-32/h2,4-6,15-16,20H,3,7-9,11-14,40H2,1H3/b4-2-/t15-,16+,32+/m1/s1. The first-order valence-electron chi connectivity index (χ1n) is 15.0. The maximum absolute atomic E-state index is 17.0. The number of anilines is 2. The van der Waals surface area contributed by atoms with E-state index in [4.69, 9.17) is 26.8 Å². The van der Waals surface area contributed by atoms with Gasteiger partial charge in [0.1, 0.15) is 47.6 Å². The minimum absolute atomic E-state index is 0.00915. The number of aromatic nitrogens is 2. The van der Waals surface area contributed by atoms with Gasteiger partial charge in [-0.25, -0.2) is 22.0 Å². The molecule has 0 bridgehead atoms. The predicted octanol–water partition coefficient (Wildman–Crippen LogP) is 7.26. The van der Waals surface area contributed by atoms with Crippen molar-refractivity contribution < 1.29 is 31.4 Å². The highest BCUT2D eigenvalue weighted by Crippen LogP contribution is 2.51. The number of nitrogens with zero attached hydrogens (tertiary/aromatic N) is 5. The monoisotopic (exact) mass is 690 g/mol. The lowest BCUT2D eigenvalue weighted by molar-refractivity contribution is 0.107. The zero-order valence-electron chi connectivity index (χ0n) is 25.0. The van der Waals surface area contributed by atoms with E-state index in [0.717, 1.165) is 23.8 Å². The Labute approximate surface area is 275 Å². The zero-order chi connectivity index (χ0) is 33.2. The lowest BCUT2D eigenvalue weighted by Gasteiger charge is -2.31. The molecule has 2 N–H and O–H groups in total. The van der Waals surface area contributed by atoms with Crippen LogP contribution < -0.4 is 20.1 Å². The number of halogens is 6. The summed E-state index contributed by atoms with van der Waals surface area (Å²) in [5.41, 5.74) is 4.89. The first kappa shape index (κ1) is 31.7. The molecule has 3 aliphatic heterocycles. The van der Waals surface area contributed by atoms with Crippen molar-refractivity contribution >= 4 is 54.7 Å². The van der Waals surface area contributed by atoms with Crippen LogP contribution in [0, 0.1) is 23.0 Å². The van der Waals surface area contributed by atoms with Crippen molar-refractivity contribution in [2.24, 2.45) is 0 Å². The van der Waals surface area contributed by atoms with Crippen LogP contribution in [0.25, 0.3) is 32.1 Å². The number of nitriles is 1. The van der Waals surface area contributed by atoms with Crippen molar-refractivity contribution in [3.8, 4) is 29.0 Å². The van der Waals surface area contributed by atoms with Crippen molar-refractivity contribution in [3.63, 3.8) is 0 Å². The van der Waals surface area contributed by atoms with E-state index in [-0.39, 0.29) is 91.5 Å². The van der Waals surface area contributed by atoms with Crippen LogP contribution in [0.4, 0.5) is 32.8 Å². The summed E-state index contributed by atoms with van der Waals surface area (Å²) in [4.78, 5) is 12.3. The van der Waals surface area contributed by atoms with E-state index in [9.17, 15) is 22.8 Å². The molecule has 7 rings (SSSR count). The fourth-order valence-corrected chi connectivity index (χ4v) is 8.49. The Morgan fingerprint density at radius 1 is 1.30 bits per heavy atom. The van der Waals surface area contributed by atoms with E-state index in [1.165, 1.54) is 11.0 Å². The number of ether oxygens (including phenoxy) is 2. The minimum Gasteiger partial charge on any atom is -0.489 e. The molecule has 3 atom stereocenters. The maximum Gasteiger partial charge on any atom is 0.319 e. The molecule has 246 valence electrons. The summed E-state index contributed by atoms with van der Waals surface area (Å²) in [6.45, 7) is 1.79. The van der Waals surface area contributed by atoms with Crippen LogP contribution in [-0.2, 0) is 0 Å². The molecule has 2 aromatic carbocycles. The number of thiophene rings is 1. The number of rotatable bonds is 7. The minimum atomic E-state index is -2.80. The van der Waals surface area contributed by atoms with Gasteiger partial charge >= 0.3 is 6.01 Å². The van der Waals surface area contributed by atoms with Gasteiger partial charge in [-0.2, -0.15) is 15.2 Å². The average molecular weight is 691 g/mol. The number of fused-ring (bicyclic) bond motifs is 2. The number of nitrogen functional groups attached to an aromatic ring is 1. The second-order valence-electron chi connectivity index (χ2n) is 11.9. The smallest absolute Gasteiger partial charge is 0.319 e. The lowest BCUT2D eigenvalue weighted by atomic mass is 9.95. The van der Waals surface area contributed by atoms with Crippen molar-refractivity contribution in [3.05, 3.63) is 46.5 Å². The highest BCUT2D eigenvalue weighted by molar-refractivity contribution is 7.23. The summed E-state index contributed by atoms with van der Waals surface area (Å²) in [5.74, 6) is -1.79. The Bertz CT molecular complexity index is 1990. The third kappa shape index (κ3) is 5.10. The molecular weight excluding hydrogens is 663 g/mol. The van der Waals surface area contributed by atoms with Crippen LogP contribution in [0.2, 0.25) is 5.02 Å². The third-order valence-electron chi connectivity index (χ3n) is 9.19. The van der Waals surface area contributed by atoms with E-state index >= 15 is 4.39 Å². The van der Waals surface area contributed by atoms with Gasteiger partial charge < -0.3 is 20.1 Å². The number of allylic oxidation sites excluding steroid dienone is 1. The number of hydrogen-bond acceptors (Lipinski definition) is 9. The molecule has 5 heterocycles. The van der Waals surface area contributed by atoms with E-state index < -0.39 is 42.4 Å². The molecule has 47 heavy (non-hydrogen) atoms. The Balaban J connectivity index is 1.48. The van der Waals surface area contributed by atoms with Crippen LogP contribution in [-0.4, -0.2) is 71.9 Å². The quantitative estimate of drug-likeness (QED) is 0.160. The summed E-state index contributed by atoms with van der Waals surface area (Å²) in [6.07, 6.45) is 1.30. The van der Waals surface area contributed by atoms with Gasteiger partial charge in [0.05, 0.1) is 38.8 Å². The summed E-state index contributed by atoms with van der Waals surface area (Å²) in [5, 5.41) is 9.69. The fraction of sp³-hybridized carbons (Fsp3) is 0.406. The van der Waals surface area contributed by atoms with E-state index in [0.29, 0.717) is 13.0 Å². The SMILES string of the molecule is C/C=C\[C@H]1COc2c(Cl)c(-c3ccc(F)c4sc(N)c(C#N)c34)c(F)c3nc(OC[C@@]45CCCN4C[C@H](F)C5)nc(c23)N1CC(F)F. The number of nitrogens with two attached hydrogens (primary N) is 1. The van der Waals surface area contributed by atoms with Crippen molar-refractivity contribution in [2.75, 3.05) is 43.5 Å². The molecule has 15 heteroatoms. The second-order valence-corrected chi connectivity index (χ2v) is 13.4. The molecule has 0 saturated carbocycles. The first-order chi connectivity index (χ1) is 22.6. The van der Waals surface area contributed by atoms with Crippen molar-refractivity contribution in [2.45, 2.75) is 50.4 Å². The van der Waals surface area contributed by atoms with Crippen molar-refractivity contribution in [1.29, 1.82) is 5.26 Å².